The second kappa shape index (κ2) is 9.49. The van der Waals surface area contributed by atoms with Gasteiger partial charge in [0, 0.05) is 6.61 Å². The van der Waals surface area contributed by atoms with Gasteiger partial charge in [-0.05, 0) is 49.3 Å². The molecule has 0 aliphatic carbocycles. The molecular formula is C12H27NOS. The summed E-state index contributed by atoms with van der Waals surface area (Å²) in [4.78, 5) is 0. The summed E-state index contributed by atoms with van der Waals surface area (Å²) in [5.74, 6) is 2.50. The Morgan fingerprint density at radius 3 is 2.47 bits per heavy atom. The molecule has 0 aliphatic heterocycles. The van der Waals surface area contributed by atoms with E-state index in [1.54, 1.807) is 0 Å². The van der Waals surface area contributed by atoms with Gasteiger partial charge in [-0.15, -0.1) is 0 Å². The fourth-order valence-electron chi connectivity index (χ4n) is 1.34. The van der Waals surface area contributed by atoms with E-state index < -0.39 is 0 Å². The minimum absolute atomic E-state index is 0.0970. The Morgan fingerprint density at radius 1 is 1.20 bits per heavy atom. The predicted molar refractivity (Wildman–Crippen MR) is 70.6 cm³/mol. The third-order valence-corrected chi connectivity index (χ3v) is 3.47. The molecule has 0 aromatic heterocycles. The third-order valence-electron chi connectivity index (χ3n) is 2.48. The topological polar surface area (TPSA) is 32.3 Å². The van der Waals surface area contributed by atoms with Crippen LogP contribution in [0.2, 0.25) is 0 Å². The van der Waals surface area contributed by atoms with Crippen LogP contribution in [-0.4, -0.2) is 36.3 Å². The quantitative estimate of drug-likeness (QED) is 0.569. The molecule has 0 unspecified atom stereocenters. The average molecular weight is 233 g/mol. The van der Waals surface area contributed by atoms with E-state index in [2.05, 4.69) is 26.1 Å². The maximum absolute atomic E-state index is 9.07. The maximum atomic E-state index is 9.07. The zero-order valence-corrected chi connectivity index (χ0v) is 11.3. The Kier molecular flexibility index (Phi) is 9.66. The number of hydrogen-bond acceptors (Lipinski definition) is 3. The van der Waals surface area contributed by atoms with Crippen molar-refractivity contribution in [3.8, 4) is 0 Å². The first-order chi connectivity index (χ1) is 7.12. The van der Waals surface area contributed by atoms with Crippen LogP contribution in [0.3, 0.4) is 0 Å². The van der Waals surface area contributed by atoms with E-state index in [9.17, 15) is 0 Å². The molecule has 0 aliphatic rings. The summed E-state index contributed by atoms with van der Waals surface area (Å²) >= 11 is 2.01. The second-order valence-corrected chi connectivity index (χ2v) is 6.12. The zero-order chi connectivity index (χ0) is 11.6. The molecule has 0 atom stereocenters. The monoisotopic (exact) mass is 233 g/mol. The molecule has 0 spiro atoms. The van der Waals surface area contributed by atoms with Crippen LogP contribution in [0, 0.1) is 5.41 Å². The maximum Gasteiger partial charge on any atom is 0.0482 e. The van der Waals surface area contributed by atoms with E-state index in [-0.39, 0.29) is 5.41 Å². The van der Waals surface area contributed by atoms with Crippen molar-refractivity contribution in [1.29, 1.82) is 0 Å². The van der Waals surface area contributed by atoms with E-state index in [0.717, 1.165) is 25.9 Å². The van der Waals surface area contributed by atoms with Crippen LogP contribution in [0.5, 0.6) is 0 Å². The van der Waals surface area contributed by atoms with Crippen molar-refractivity contribution in [2.75, 3.05) is 31.2 Å². The van der Waals surface area contributed by atoms with Gasteiger partial charge in [-0.1, -0.05) is 20.8 Å². The highest BCUT2D eigenvalue weighted by molar-refractivity contribution is 7.99. The summed E-state index contributed by atoms with van der Waals surface area (Å²) in [6.45, 7) is 8.94. The lowest BCUT2D eigenvalue weighted by Gasteiger charge is -2.21. The van der Waals surface area contributed by atoms with Crippen LogP contribution in [-0.2, 0) is 0 Å². The number of thioether (sulfide) groups is 1. The van der Waals surface area contributed by atoms with Crippen molar-refractivity contribution in [1.82, 2.24) is 5.32 Å². The molecule has 92 valence electrons. The highest BCUT2D eigenvalue weighted by atomic mass is 32.2. The Morgan fingerprint density at radius 2 is 1.87 bits per heavy atom. The molecule has 0 aromatic rings. The van der Waals surface area contributed by atoms with Gasteiger partial charge >= 0.3 is 0 Å². The van der Waals surface area contributed by atoms with E-state index in [1.807, 2.05) is 11.8 Å². The normalized spacial score (nSPS) is 12.0. The molecular weight excluding hydrogens is 206 g/mol. The smallest absolute Gasteiger partial charge is 0.0482 e. The Labute approximate surface area is 99.2 Å². The standard InChI is InChI=1S/C12H27NOS/c1-4-15-10-6-9-13-8-5-7-12(2,3)11-14/h13-14H,4-11H2,1-3H3. The number of rotatable bonds is 10. The van der Waals surface area contributed by atoms with Gasteiger partial charge in [0.05, 0.1) is 0 Å². The van der Waals surface area contributed by atoms with Gasteiger partial charge in [-0.3, -0.25) is 0 Å². The molecule has 2 nitrogen and oxygen atoms in total. The molecule has 0 bridgehead atoms. The lowest BCUT2D eigenvalue weighted by molar-refractivity contribution is 0.148. The molecule has 2 N–H and O–H groups in total. The number of aliphatic hydroxyl groups is 1. The molecule has 0 heterocycles. The van der Waals surface area contributed by atoms with E-state index in [1.165, 1.54) is 17.9 Å². The first-order valence-corrected chi connectivity index (χ1v) is 7.17. The molecule has 0 saturated carbocycles. The van der Waals surface area contributed by atoms with Gasteiger partial charge in [0.1, 0.15) is 0 Å². The number of nitrogens with one attached hydrogen (secondary N) is 1. The van der Waals surface area contributed by atoms with E-state index in [0.29, 0.717) is 6.61 Å². The fourth-order valence-corrected chi connectivity index (χ4v) is 1.98. The first kappa shape index (κ1) is 15.3. The Balaban J connectivity index is 3.11. The molecule has 0 saturated heterocycles. The van der Waals surface area contributed by atoms with Crippen molar-refractivity contribution >= 4 is 11.8 Å². The van der Waals surface area contributed by atoms with Crippen molar-refractivity contribution in [2.45, 2.75) is 40.0 Å². The van der Waals surface area contributed by atoms with Gasteiger partial charge in [-0.25, -0.2) is 0 Å². The summed E-state index contributed by atoms with van der Waals surface area (Å²) in [6.07, 6.45) is 3.52. The summed E-state index contributed by atoms with van der Waals surface area (Å²) < 4.78 is 0. The van der Waals surface area contributed by atoms with Crippen molar-refractivity contribution in [3.63, 3.8) is 0 Å². The summed E-state index contributed by atoms with van der Waals surface area (Å²) in [5.41, 5.74) is 0.0970. The molecule has 0 aromatic carbocycles. The predicted octanol–water partition coefficient (Wildman–Crippen LogP) is 2.52. The second-order valence-electron chi connectivity index (χ2n) is 4.73. The average Bonchev–Trinajstić information content (AvgIpc) is 2.22. The molecule has 15 heavy (non-hydrogen) atoms. The minimum Gasteiger partial charge on any atom is -0.396 e. The van der Waals surface area contributed by atoms with Crippen LogP contribution in [0.15, 0.2) is 0 Å². The number of hydrogen-bond donors (Lipinski definition) is 2. The molecule has 0 radical (unpaired) electrons. The highest BCUT2D eigenvalue weighted by Crippen LogP contribution is 2.20. The van der Waals surface area contributed by atoms with Crippen molar-refractivity contribution < 1.29 is 5.11 Å². The van der Waals surface area contributed by atoms with Crippen LogP contribution in [0.25, 0.3) is 0 Å². The SMILES string of the molecule is CCSCCCNCCCC(C)(C)CO. The van der Waals surface area contributed by atoms with Crippen molar-refractivity contribution in [3.05, 3.63) is 0 Å². The molecule has 3 heteroatoms. The van der Waals surface area contributed by atoms with Gasteiger partial charge in [-0.2, -0.15) is 11.8 Å². The van der Waals surface area contributed by atoms with Crippen LogP contribution in [0.4, 0.5) is 0 Å². The fraction of sp³-hybridized carbons (Fsp3) is 1.00. The lowest BCUT2D eigenvalue weighted by Crippen LogP contribution is -2.22. The van der Waals surface area contributed by atoms with Crippen LogP contribution < -0.4 is 5.32 Å². The lowest BCUT2D eigenvalue weighted by atomic mass is 9.89. The largest absolute Gasteiger partial charge is 0.396 e. The number of aliphatic hydroxyl groups excluding tert-OH is 1. The van der Waals surface area contributed by atoms with Gasteiger partial charge in [0.15, 0.2) is 0 Å². The highest BCUT2D eigenvalue weighted by Gasteiger charge is 2.14. The summed E-state index contributed by atoms with van der Waals surface area (Å²) in [5, 5.41) is 12.5. The summed E-state index contributed by atoms with van der Waals surface area (Å²) in [7, 11) is 0. The summed E-state index contributed by atoms with van der Waals surface area (Å²) in [6, 6.07) is 0. The minimum atomic E-state index is 0.0970. The Hall–Kier alpha value is 0.270. The van der Waals surface area contributed by atoms with Crippen LogP contribution in [0.1, 0.15) is 40.0 Å². The van der Waals surface area contributed by atoms with E-state index >= 15 is 0 Å². The van der Waals surface area contributed by atoms with Crippen molar-refractivity contribution in [2.24, 2.45) is 5.41 Å². The molecule has 0 fully saturated rings. The molecule has 0 amide bonds. The van der Waals surface area contributed by atoms with Gasteiger partial charge in [0.2, 0.25) is 0 Å². The zero-order valence-electron chi connectivity index (χ0n) is 10.5. The van der Waals surface area contributed by atoms with Gasteiger partial charge < -0.3 is 10.4 Å². The van der Waals surface area contributed by atoms with Gasteiger partial charge in [0.25, 0.3) is 0 Å². The first-order valence-electron chi connectivity index (χ1n) is 6.01. The molecule has 0 rings (SSSR count). The third kappa shape index (κ3) is 10.6. The van der Waals surface area contributed by atoms with E-state index in [4.69, 9.17) is 5.11 Å². The Bertz CT molecular complexity index is 140. The van der Waals surface area contributed by atoms with Crippen LogP contribution >= 0.6 is 11.8 Å².